The van der Waals surface area contributed by atoms with E-state index in [4.69, 9.17) is 32.9 Å². The zero-order valence-corrected chi connectivity index (χ0v) is 21.6. The van der Waals surface area contributed by atoms with E-state index in [-0.39, 0.29) is 22.9 Å². The number of esters is 1. The van der Waals surface area contributed by atoms with Gasteiger partial charge < -0.3 is 14.6 Å². The van der Waals surface area contributed by atoms with E-state index in [0.717, 1.165) is 16.9 Å². The second-order valence-electron chi connectivity index (χ2n) is 10.1. The number of benzene rings is 3. The lowest BCUT2D eigenvalue weighted by Gasteiger charge is -2.40. The normalized spacial score (nSPS) is 25.3. The maximum absolute atomic E-state index is 15.7. The molecule has 3 aliphatic heterocycles. The van der Waals surface area contributed by atoms with Gasteiger partial charge in [-0.05, 0) is 47.5 Å². The van der Waals surface area contributed by atoms with E-state index in [1.165, 1.54) is 13.2 Å². The van der Waals surface area contributed by atoms with Gasteiger partial charge in [0.2, 0.25) is 5.91 Å². The maximum atomic E-state index is 15.7. The number of aromatic nitrogens is 2. The van der Waals surface area contributed by atoms with Gasteiger partial charge in [-0.2, -0.15) is 0 Å². The number of halogens is 3. The topological polar surface area (TPSA) is 85.2 Å². The van der Waals surface area contributed by atoms with Crippen molar-refractivity contribution in [3.8, 4) is 0 Å². The van der Waals surface area contributed by atoms with Crippen molar-refractivity contribution in [2.75, 3.05) is 12.4 Å². The van der Waals surface area contributed by atoms with Gasteiger partial charge in [0.25, 0.3) is 0 Å². The summed E-state index contributed by atoms with van der Waals surface area (Å²) >= 11 is 12.4. The van der Waals surface area contributed by atoms with Crippen molar-refractivity contribution in [2.24, 2.45) is 0 Å². The SMILES string of the molecule is COC(=O)c1ccc2c(c1)nc1n2C[C@@H]2N[C@]3(Cc4ccc(Cl)cc4NC3=O)[C@@H](c3cccc(Cl)c3F)[C@H]12. The Morgan fingerprint density at radius 2 is 2.03 bits per heavy atom. The highest BCUT2D eigenvalue weighted by atomic mass is 35.5. The first-order valence-corrected chi connectivity index (χ1v) is 13.0. The molecular formula is C28H21Cl2FN4O3. The first kappa shape index (κ1) is 23.6. The second-order valence-corrected chi connectivity index (χ2v) is 10.9. The van der Waals surface area contributed by atoms with Gasteiger partial charge in [-0.15, -0.1) is 0 Å². The number of methoxy groups -OCH3 is 1. The van der Waals surface area contributed by atoms with Gasteiger partial charge in [0.15, 0.2) is 0 Å². The Morgan fingerprint density at radius 3 is 2.84 bits per heavy atom. The van der Waals surface area contributed by atoms with Crippen LogP contribution in [-0.4, -0.2) is 40.1 Å². The number of nitrogens with one attached hydrogen (secondary N) is 2. The minimum absolute atomic E-state index is 0.00119. The molecule has 0 bridgehead atoms. The first-order valence-electron chi connectivity index (χ1n) is 12.2. The summed E-state index contributed by atoms with van der Waals surface area (Å²) in [5.74, 6) is -1.43. The molecule has 0 radical (unpaired) electrons. The van der Waals surface area contributed by atoms with Crippen molar-refractivity contribution >= 4 is 51.8 Å². The molecule has 0 unspecified atom stereocenters. The van der Waals surface area contributed by atoms with Crippen LogP contribution in [-0.2, 0) is 22.5 Å². The number of hydrogen-bond donors (Lipinski definition) is 2. The Balaban J connectivity index is 1.41. The lowest BCUT2D eigenvalue weighted by Crippen LogP contribution is -2.59. The fourth-order valence-corrected chi connectivity index (χ4v) is 6.95. The number of fused-ring (bicyclic) bond motifs is 6. The molecule has 192 valence electrons. The monoisotopic (exact) mass is 550 g/mol. The number of imidazole rings is 1. The maximum Gasteiger partial charge on any atom is 0.337 e. The first-order chi connectivity index (χ1) is 18.3. The molecule has 4 atom stereocenters. The van der Waals surface area contributed by atoms with Crippen molar-refractivity contribution in [2.45, 2.75) is 36.4 Å². The molecule has 3 aromatic carbocycles. The van der Waals surface area contributed by atoms with Gasteiger partial charge in [-0.3, -0.25) is 10.1 Å². The number of nitrogens with zero attached hydrogens (tertiary/aromatic N) is 2. The van der Waals surface area contributed by atoms with Gasteiger partial charge in [0, 0.05) is 41.6 Å². The smallest absolute Gasteiger partial charge is 0.337 e. The van der Waals surface area contributed by atoms with Crippen LogP contribution in [0.3, 0.4) is 0 Å². The van der Waals surface area contributed by atoms with E-state index >= 15 is 4.39 Å². The zero-order valence-electron chi connectivity index (χ0n) is 20.1. The lowest BCUT2D eigenvalue weighted by molar-refractivity contribution is -0.123. The zero-order chi connectivity index (χ0) is 26.3. The number of carbonyl (C=O) groups excluding carboxylic acids is 2. The van der Waals surface area contributed by atoms with Crippen LogP contribution in [0.1, 0.15) is 39.1 Å². The average molecular weight is 551 g/mol. The fraction of sp³-hybridized carbons (Fsp3) is 0.250. The fourth-order valence-electron chi connectivity index (χ4n) is 6.59. The number of hydrogen-bond acceptors (Lipinski definition) is 5. The Hall–Kier alpha value is -3.46. The number of rotatable bonds is 2. The minimum Gasteiger partial charge on any atom is -0.465 e. The van der Waals surface area contributed by atoms with E-state index in [1.807, 2.05) is 12.1 Å². The summed E-state index contributed by atoms with van der Waals surface area (Å²) in [6.07, 6.45) is 0.349. The number of amides is 1. The Bertz CT molecular complexity index is 1690. The largest absolute Gasteiger partial charge is 0.465 e. The summed E-state index contributed by atoms with van der Waals surface area (Å²) in [5.41, 5.74) is 2.68. The molecule has 10 heteroatoms. The molecule has 2 N–H and O–H groups in total. The molecule has 1 spiro atoms. The average Bonchev–Trinajstić information content (AvgIpc) is 3.52. The molecule has 1 fully saturated rings. The summed E-state index contributed by atoms with van der Waals surface area (Å²) in [7, 11) is 1.33. The van der Waals surface area contributed by atoms with Crippen LogP contribution in [0.25, 0.3) is 11.0 Å². The Kier molecular flexibility index (Phi) is 5.14. The summed E-state index contributed by atoms with van der Waals surface area (Å²) in [4.78, 5) is 30.9. The van der Waals surface area contributed by atoms with Crippen molar-refractivity contribution in [1.82, 2.24) is 14.9 Å². The highest BCUT2D eigenvalue weighted by molar-refractivity contribution is 6.31. The predicted molar refractivity (Wildman–Crippen MR) is 141 cm³/mol. The third-order valence-corrected chi connectivity index (χ3v) is 8.68. The number of anilines is 1. The molecule has 3 aliphatic rings. The number of ether oxygens (including phenoxy) is 1. The highest BCUT2D eigenvalue weighted by Gasteiger charge is 2.63. The Morgan fingerprint density at radius 1 is 1.18 bits per heavy atom. The van der Waals surface area contributed by atoms with Crippen LogP contribution >= 0.6 is 23.2 Å². The van der Waals surface area contributed by atoms with Crippen LogP contribution < -0.4 is 10.6 Å². The van der Waals surface area contributed by atoms with E-state index in [9.17, 15) is 9.59 Å². The molecule has 4 heterocycles. The van der Waals surface area contributed by atoms with Gasteiger partial charge >= 0.3 is 5.97 Å². The van der Waals surface area contributed by atoms with Gasteiger partial charge in [-0.25, -0.2) is 14.2 Å². The van der Waals surface area contributed by atoms with Gasteiger partial charge in [0.1, 0.15) is 17.2 Å². The molecule has 1 amide bonds. The molecule has 7 rings (SSSR count). The third kappa shape index (κ3) is 3.20. The molecule has 0 saturated carbocycles. The van der Waals surface area contributed by atoms with E-state index < -0.39 is 23.2 Å². The van der Waals surface area contributed by atoms with Crippen LogP contribution in [0.4, 0.5) is 10.1 Å². The second kappa shape index (κ2) is 8.27. The van der Waals surface area contributed by atoms with E-state index in [1.54, 1.807) is 36.4 Å². The standard InChI is InChI=1S/C28H21Cl2FN4O3/c1-38-26(36)13-6-8-21-19(9-13)32-25-22-20(12-35(21)25)34-28(23(22)16-3-2-4-17(30)24(16)31)11-14-5-7-15(29)10-18(14)33-27(28)37/h2-10,20,22-23,34H,11-12H2,1H3,(H,33,37)/t20-,22+,23-,28+/m0/s1. The Labute approximate surface area is 226 Å². The van der Waals surface area contributed by atoms with Crippen LogP contribution in [0.15, 0.2) is 54.6 Å². The molecule has 1 aromatic heterocycles. The molecule has 38 heavy (non-hydrogen) atoms. The molecule has 7 nitrogen and oxygen atoms in total. The van der Waals surface area contributed by atoms with Crippen molar-refractivity contribution in [1.29, 1.82) is 0 Å². The third-order valence-electron chi connectivity index (χ3n) is 8.15. The summed E-state index contributed by atoms with van der Waals surface area (Å²) < 4.78 is 22.6. The predicted octanol–water partition coefficient (Wildman–Crippen LogP) is 5.06. The van der Waals surface area contributed by atoms with E-state index in [2.05, 4.69) is 15.2 Å². The number of carbonyl (C=O) groups is 2. The highest BCUT2D eigenvalue weighted by Crippen LogP contribution is 2.55. The van der Waals surface area contributed by atoms with Crippen LogP contribution in [0.5, 0.6) is 0 Å². The van der Waals surface area contributed by atoms with Crippen LogP contribution in [0, 0.1) is 5.82 Å². The molecule has 1 saturated heterocycles. The lowest BCUT2D eigenvalue weighted by atomic mass is 9.70. The summed E-state index contributed by atoms with van der Waals surface area (Å²) in [6.45, 7) is 0.537. The van der Waals surface area contributed by atoms with Gasteiger partial charge in [0.05, 0.1) is 28.7 Å². The van der Waals surface area contributed by atoms with Crippen molar-refractivity contribution in [3.05, 3.63) is 93.0 Å². The molecule has 0 aliphatic carbocycles. The quantitative estimate of drug-likeness (QED) is 0.341. The van der Waals surface area contributed by atoms with Gasteiger partial charge in [-0.1, -0.05) is 41.4 Å². The molecule has 4 aromatic rings. The minimum atomic E-state index is -1.14. The summed E-state index contributed by atoms with van der Waals surface area (Å²) in [6, 6.07) is 15.4. The van der Waals surface area contributed by atoms with E-state index in [0.29, 0.717) is 40.3 Å². The van der Waals surface area contributed by atoms with Crippen LogP contribution in [0.2, 0.25) is 10.0 Å². The van der Waals surface area contributed by atoms with Crippen molar-refractivity contribution in [3.63, 3.8) is 0 Å². The summed E-state index contributed by atoms with van der Waals surface area (Å²) in [5, 5.41) is 7.15. The molecular weight excluding hydrogens is 530 g/mol. The van der Waals surface area contributed by atoms with Crippen molar-refractivity contribution < 1.29 is 18.7 Å².